The molecular formula is C19H24N6O2. The van der Waals surface area contributed by atoms with Gasteiger partial charge < -0.3 is 15.8 Å². The van der Waals surface area contributed by atoms with Gasteiger partial charge in [-0.3, -0.25) is 9.69 Å². The Bertz CT molecular complexity index is 887. The molecule has 3 aromatic rings. The van der Waals surface area contributed by atoms with Crippen molar-refractivity contribution in [1.29, 1.82) is 0 Å². The van der Waals surface area contributed by atoms with Crippen molar-refractivity contribution >= 4 is 23.6 Å². The van der Waals surface area contributed by atoms with Crippen LogP contribution >= 0.6 is 0 Å². The molecule has 1 aliphatic heterocycles. The Hall–Kier alpha value is -3.00. The van der Waals surface area contributed by atoms with Gasteiger partial charge in [-0.05, 0) is 38.4 Å². The summed E-state index contributed by atoms with van der Waals surface area (Å²) in [5, 5.41) is 6.89. The van der Waals surface area contributed by atoms with Crippen LogP contribution in [0.4, 0.5) is 5.95 Å². The third kappa shape index (κ3) is 4.22. The maximum absolute atomic E-state index is 8.36. The van der Waals surface area contributed by atoms with E-state index in [0.29, 0.717) is 11.7 Å². The fourth-order valence-corrected chi connectivity index (χ4v) is 3.49. The summed E-state index contributed by atoms with van der Waals surface area (Å²) in [6.07, 6.45) is 5.59. The average Bonchev–Trinajstić information content (AvgIpc) is 3.16. The Morgan fingerprint density at radius 1 is 1.19 bits per heavy atom. The molecule has 1 aromatic carbocycles. The quantitative estimate of drug-likeness (QED) is 0.608. The van der Waals surface area contributed by atoms with Gasteiger partial charge in [0, 0.05) is 11.6 Å². The van der Waals surface area contributed by atoms with Crippen LogP contribution < -0.4 is 5.73 Å². The van der Waals surface area contributed by atoms with Gasteiger partial charge in [0.05, 0.1) is 6.33 Å². The summed E-state index contributed by atoms with van der Waals surface area (Å²) in [6, 6.07) is 9.04. The number of nitrogens with zero attached hydrogens (tertiary/aromatic N) is 4. The van der Waals surface area contributed by atoms with Crippen molar-refractivity contribution in [3.8, 4) is 11.3 Å². The van der Waals surface area contributed by atoms with Gasteiger partial charge >= 0.3 is 0 Å². The molecule has 0 saturated carbocycles. The van der Waals surface area contributed by atoms with Crippen LogP contribution in [0.1, 0.15) is 37.8 Å². The number of H-pyrrole nitrogens is 1. The van der Waals surface area contributed by atoms with Crippen LogP contribution in [0, 0.1) is 0 Å². The molecule has 4 N–H and O–H groups in total. The number of hydrogen-bond acceptors (Lipinski definition) is 6. The maximum atomic E-state index is 8.36. The second-order valence-corrected chi connectivity index (χ2v) is 6.53. The summed E-state index contributed by atoms with van der Waals surface area (Å²) in [7, 11) is 0. The molecule has 2 aromatic heterocycles. The van der Waals surface area contributed by atoms with E-state index in [1.807, 2.05) is 0 Å². The highest BCUT2D eigenvalue weighted by Crippen LogP contribution is 2.28. The first-order chi connectivity index (χ1) is 13.1. The van der Waals surface area contributed by atoms with Gasteiger partial charge in [-0.25, -0.2) is 9.97 Å². The minimum Gasteiger partial charge on any atom is -0.483 e. The first-order valence-electron chi connectivity index (χ1n) is 9.03. The summed E-state index contributed by atoms with van der Waals surface area (Å²) in [5.74, 6) is 0.246. The van der Waals surface area contributed by atoms with Gasteiger partial charge in [0.15, 0.2) is 5.65 Å². The van der Waals surface area contributed by atoms with Crippen LogP contribution in [-0.4, -0.2) is 49.5 Å². The number of nitrogens with two attached hydrogens (primary N) is 1. The van der Waals surface area contributed by atoms with Crippen molar-refractivity contribution in [2.75, 3.05) is 18.8 Å². The van der Waals surface area contributed by atoms with Crippen LogP contribution in [0.3, 0.4) is 0 Å². The number of imidazole rings is 1. The number of carbonyl (C=O) groups is 1. The number of aromatic amines is 1. The van der Waals surface area contributed by atoms with Gasteiger partial charge in [0.1, 0.15) is 11.2 Å². The second kappa shape index (κ2) is 8.59. The van der Waals surface area contributed by atoms with Gasteiger partial charge in [-0.2, -0.15) is 4.98 Å². The topological polar surface area (TPSA) is 121 Å². The highest BCUT2D eigenvalue weighted by atomic mass is 16.3. The van der Waals surface area contributed by atoms with Crippen molar-refractivity contribution in [2.45, 2.75) is 32.2 Å². The largest absolute Gasteiger partial charge is 0.483 e. The minimum absolute atomic E-state index is 0.246. The number of rotatable bonds is 3. The molecule has 1 atom stereocenters. The normalized spacial score (nSPS) is 15.7. The van der Waals surface area contributed by atoms with Crippen LogP contribution in [0.5, 0.6) is 0 Å². The molecule has 0 aliphatic carbocycles. The third-order valence-electron chi connectivity index (χ3n) is 4.91. The highest BCUT2D eigenvalue weighted by molar-refractivity contribution is 5.87. The van der Waals surface area contributed by atoms with Crippen LogP contribution in [0.2, 0.25) is 0 Å². The lowest BCUT2D eigenvalue weighted by Crippen LogP contribution is -2.32. The van der Waals surface area contributed by atoms with E-state index in [1.54, 1.807) is 6.33 Å². The summed E-state index contributed by atoms with van der Waals surface area (Å²) in [5.41, 5.74) is 10.4. The molecule has 1 fully saturated rings. The van der Waals surface area contributed by atoms with E-state index in [2.05, 4.69) is 56.0 Å². The maximum Gasteiger partial charge on any atom is 0.290 e. The summed E-state index contributed by atoms with van der Waals surface area (Å²) in [6.45, 7) is 4.43. The monoisotopic (exact) mass is 368 g/mol. The van der Waals surface area contributed by atoms with Gasteiger partial charge in [0.2, 0.25) is 5.95 Å². The molecule has 3 heterocycles. The lowest BCUT2D eigenvalue weighted by Gasteiger charge is -2.32. The van der Waals surface area contributed by atoms with E-state index < -0.39 is 0 Å². The molecule has 8 nitrogen and oxygen atoms in total. The third-order valence-corrected chi connectivity index (χ3v) is 4.91. The van der Waals surface area contributed by atoms with Crippen LogP contribution in [0.15, 0.2) is 30.6 Å². The van der Waals surface area contributed by atoms with E-state index in [9.17, 15) is 0 Å². The van der Waals surface area contributed by atoms with Crippen LogP contribution in [-0.2, 0) is 4.79 Å². The van der Waals surface area contributed by atoms with Gasteiger partial charge in [-0.1, -0.05) is 30.7 Å². The minimum atomic E-state index is -0.250. The molecule has 1 unspecified atom stereocenters. The number of piperidine rings is 1. The van der Waals surface area contributed by atoms with Crippen molar-refractivity contribution in [3.63, 3.8) is 0 Å². The molecule has 1 saturated heterocycles. The lowest BCUT2D eigenvalue weighted by atomic mass is 10.0. The first-order valence-corrected chi connectivity index (χ1v) is 9.03. The van der Waals surface area contributed by atoms with E-state index in [-0.39, 0.29) is 12.4 Å². The Kier molecular flexibility index (Phi) is 5.97. The van der Waals surface area contributed by atoms with Crippen LogP contribution in [0.25, 0.3) is 22.4 Å². The Labute approximate surface area is 157 Å². The Balaban J connectivity index is 0.000000659. The molecule has 4 rings (SSSR count). The number of likely N-dealkylation sites (tertiary alicyclic amines) is 1. The van der Waals surface area contributed by atoms with Gasteiger partial charge in [0.25, 0.3) is 6.47 Å². The second-order valence-electron chi connectivity index (χ2n) is 6.53. The number of aromatic nitrogens is 4. The number of carboxylic acid groups (broad SMARTS) is 1. The van der Waals surface area contributed by atoms with E-state index in [0.717, 1.165) is 16.8 Å². The zero-order valence-electron chi connectivity index (χ0n) is 15.3. The summed E-state index contributed by atoms with van der Waals surface area (Å²) in [4.78, 5) is 26.7. The molecule has 0 spiro atoms. The van der Waals surface area contributed by atoms with E-state index >= 15 is 0 Å². The average molecular weight is 368 g/mol. The zero-order chi connectivity index (χ0) is 19.2. The Morgan fingerprint density at radius 2 is 1.85 bits per heavy atom. The molecule has 142 valence electrons. The zero-order valence-corrected chi connectivity index (χ0v) is 15.3. The molecule has 0 amide bonds. The summed E-state index contributed by atoms with van der Waals surface area (Å²) >= 11 is 0. The van der Waals surface area contributed by atoms with Crippen molar-refractivity contribution in [1.82, 2.24) is 24.8 Å². The van der Waals surface area contributed by atoms with E-state index in [1.165, 1.54) is 37.9 Å². The number of benzene rings is 1. The number of hydrogen-bond donors (Lipinski definition) is 3. The molecule has 1 aliphatic rings. The number of fused-ring (bicyclic) bond motifs is 1. The standard InChI is InChI=1S/C18H22N6.CH2O2/c1-12(24-9-3-2-4-10-24)13-5-7-14(8-6-13)15-16-17(21-11-20-16)23-18(19)22-15;2-1-3/h5-8,11-12H,2-4,9-10H2,1H3,(H3,19,20,21,22,23);1H,(H,2,3). The van der Waals surface area contributed by atoms with E-state index in [4.69, 9.17) is 15.6 Å². The fraction of sp³-hybridized carbons (Fsp3) is 0.368. The predicted molar refractivity (Wildman–Crippen MR) is 104 cm³/mol. The molecule has 8 heteroatoms. The first kappa shape index (κ1) is 18.8. The van der Waals surface area contributed by atoms with Crippen molar-refractivity contribution in [3.05, 3.63) is 36.2 Å². The summed E-state index contributed by atoms with van der Waals surface area (Å²) < 4.78 is 0. The van der Waals surface area contributed by atoms with Gasteiger partial charge in [-0.15, -0.1) is 0 Å². The van der Waals surface area contributed by atoms with Crippen molar-refractivity contribution < 1.29 is 9.90 Å². The Morgan fingerprint density at radius 3 is 2.52 bits per heavy atom. The predicted octanol–water partition coefficient (Wildman–Crippen LogP) is 2.85. The fourth-order valence-electron chi connectivity index (χ4n) is 3.49. The molecular weight excluding hydrogens is 344 g/mol. The smallest absolute Gasteiger partial charge is 0.290 e. The SMILES string of the molecule is CC(c1ccc(-c2nc(N)nc3nc[nH]c23)cc1)N1CCCCC1.O=CO. The number of anilines is 1. The molecule has 27 heavy (non-hydrogen) atoms. The lowest BCUT2D eigenvalue weighted by molar-refractivity contribution is -0.122. The molecule has 0 radical (unpaired) electrons. The number of nitrogen functional groups attached to an aromatic ring is 1. The van der Waals surface area contributed by atoms with Crippen molar-refractivity contribution in [2.24, 2.45) is 0 Å². The number of nitrogens with one attached hydrogen (secondary N) is 1. The molecule has 0 bridgehead atoms. The highest BCUT2D eigenvalue weighted by Gasteiger charge is 2.18.